The van der Waals surface area contributed by atoms with Crippen LogP contribution in [0.5, 0.6) is 0 Å². The molecule has 6 heteroatoms. The molecule has 1 heterocycles. The van der Waals surface area contributed by atoms with Gasteiger partial charge in [0.15, 0.2) is 11.5 Å². The van der Waals surface area contributed by atoms with Crippen molar-refractivity contribution in [3.8, 4) is 5.69 Å². The second kappa shape index (κ2) is 5.43. The summed E-state index contributed by atoms with van der Waals surface area (Å²) in [4.78, 5) is 15.5. The van der Waals surface area contributed by atoms with Gasteiger partial charge in [-0.25, -0.2) is 9.53 Å². The molecule has 0 bridgehead atoms. The topological polar surface area (TPSA) is 52.1 Å². The highest BCUT2D eigenvalue weighted by Gasteiger charge is 2.20. The van der Waals surface area contributed by atoms with Gasteiger partial charge in [0.05, 0.1) is 18.0 Å². The highest BCUT2D eigenvalue weighted by Crippen LogP contribution is 2.28. The van der Waals surface area contributed by atoms with E-state index < -0.39 is 0 Å². The van der Waals surface area contributed by atoms with Crippen molar-refractivity contribution in [1.82, 2.24) is 15.0 Å². The number of carbonyl (C=O) groups is 1. The predicted molar refractivity (Wildman–Crippen MR) is 76.5 cm³/mol. The Morgan fingerprint density at radius 1 is 1.45 bits per heavy atom. The zero-order valence-electron chi connectivity index (χ0n) is 11.4. The molecule has 2 rings (SSSR count). The Balaban J connectivity index is 2.59. The first-order valence-corrected chi connectivity index (χ1v) is 6.47. The summed E-state index contributed by atoms with van der Waals surface area (Å²) in [5.74, 6) is -0.223. The molecule has 1 aromatic heterocycles. The normalized spacial score (nSPS) is 10.6. The first-order chi connectivity index (χ1) is 9.45. The summed E-state index contributed by atoms with van der Waals surface area (Å²) in [5, 5.41) is 8.42. The summed E-state index contributed by atoms with van der Waals surface area (Å²) in [7, 11) is 0. The Morgan fingerprint density at radius 2 is 2.15 bits per heavy atom. The molecule has 0 amide bonds. The minimum Gasteiger partial charge on any atom is -0.292 e. The van der Waals surface area contributed by atoms with Gasteiger partial charge in [0.1, 0.15) is 0 Å². The van der Waals surface area contributed by atoms with E-state index in [1.807, 2.05) is 13.8 Å². The Labute approximate surface area is 122 Å². The lowest BCUT2D eigenvalue weighted by Gasteiger charge is -2.07. The van der Waals surface area contributed by atoms with Gasteiger partial charge in [0.25, 0.3) is 0 Å². The van der Waals surface area contributed by atoms with Crippen molar-refractivity contribution in [2.45, 2.75) is 20.8 Å². The third kappa shape index (κ3) is 2.43. The van der Waals surface area contributed by atoms with Crippen LogP contribution in [-0.4, -0.2) is 20.8 Å². The molecule has 1 aromatic carbocycles. The average Bonchev–Trinajstić information content (AvgIpc) is 2.79. The molecule has 0 aliphatic carbocycles. The van der Waals surface area contributed by atoms with E-state index in [-0.39, 0.29) is 11.7 Å². The largest absolute Gasteiger partial charge is 0.292 e. The van der Waals surface area contributed by atoms with E-state index >= 15 is 0 Å². The van der Waals surface area contributed by atoms with Gasteiger partial charge in [-0.3, -0.25) is 4.79 Å². The van der Waals surface area contributed by atoms with Crippen LogP contribution in [0, 0.1) is 19.4 Å². The van der Waals surface area contributed by atoms with E-state index in [1.54, 1.807) is 25.1 Å². The number of halogens is 1. The zero-order valence-corrected chi connectivity index (χ0v) is 12.1. The zero-order chi connectivity index (χ0) is 14.9. The van der Waals surface area contributed by atoms with E-state index in [1.165, 1.54) is 4.68 Å². The summed E-state index contributed by atoms with van der Waals surface area (Å²) in [6.07, 6.45) is 0. The van der Waals surface area contributed by atoms with Crippen molar-refractivity contribution >= 4 is 23.1 Å². The summed E-state index contributed by atoms with van der Waals surface area (Å²) in [6, 6.07) is 4.90. The second-order valence-corrected chi connectivity index (χ2v) is 5.14. The molecule has 0 aliphatic rings. The molecular formula is C14H13ClN4O. The first kappa shape index (κ1) is 14.2. The SMILES string of the molecule is [C-]#[N+]c1ccc(Cl)cc1-n1nnc(C(=O)C(C)C)c1C. The van der Waals surface area contributed by atoms with Crippen LogP contribution in [0.15, 0.2) is 18.2 Å². The number of hydrogen-bond donors (Lipinski definition) is 0. The van der Waals surface area contributed by atoms with Crippen LogP contribution in [-0.2, 0) is 0 Å². The monoisotopic (exact) mass is 288 g/mol. The molecule has 2 aromatic rings. The molecule has 0 fully saturated rings. The Hall–Kier alpha value is -2.19. The number of aromatic nitrogens is 3. The fourth-order valence-corrected chi connectivity index (χ4v) is 1.99. The molecule has 0 aliphatic heterocycles. The molecule has 0 N–H and O–H groups in total. The molecule has 0 saturated heterocycles. The molecule has 0 saturated carbocycles. The minimum absolute atomic E-state index is 0.0693. The molecular weight excluding hydrogens is 276 g/mol. The van der Waals surface area contributed by atoms with E-state index in [0.29, 0.717) is 27.8 Å². The maximum absolute atomic E-state index is 12.0. The van der Waals surface area contributed by atoms with E-state index in [9.17, 15) is 4.79 Å². The van der Waals surface area contributed by atoms with E-state index in [2.05, 4.69) is 15.2 Å². The van der Waals surface area contributed by atoms with Crippen LogP contribution < -0.4 is 0 Å². The number of rotatable bonds is 3. The minimum atomic E-state index is -0.154. The molecule has 0 atom stereocenters. The Bertz CT molecular complexity index is 712. The number of nitrogens with zero attached hydrogens (tertiary/aromatic N) is 4. The van der Waals surface area contributed by atoms with Crippen LogP contribution in [0.25, 0.3) is 10.5 Å². The predicted octanol–water partition coefficient (Wildman–Crippen LogP) is 3.62. The lowest BCUT2D eigenvalue weighted by molar-refractivity contribution is 0.0933. The summed E-state index contributed by atoms with van der Waals surface area (Å²) < 4.78 is 1.48. The van der Waals surface area contributed by atoms with Gasteiger partial charge in [0.2, 0.25) is 5.69 Å². The van der Waals surface area contributed by atoms with E-state index in [4.69, 9.17) is 18.2 Å². The van der Waals surface area contributed by atoms with Gasteiger partial charge in [-0.2, -0.15) is 0 Å². The van der Waals surface area contributed by atoms with Crippen LogP contribution in [0.1, 0.15) is 30.0 Å². The highest BCUT2D eigenvalue weighted by atomic mass is 35.5. The smallest absolute Gasteiger partial charge is 0.212 e. The number of carbonyl (C=O) groups excluding carboxylic acids is 1. The third-order valence-electron chi connectivity index (χ3n) is 2.94. The maximum Gasteiger partial charge on any atom is 0.212 e. The van der Waals surface area contributed by atoms with Gasteiger partial charge in [0, 0.05) is 10.9 Å². The van der Waals surface area contributed by atoms with Crippen LogP contribution in [0.2, 0.25) is 5.02 Å². The van der Waals surface area contributed by atoms with Crippen molar-refractivity contribution in [3.05, 3.63) is 46.0 Å². The molecule has 0 spiro atoms. The summed E-state index contributed by atoms with van der Waals surface area (Å²) in [6.45, 7) is 12.6. The number of hydrogen-bond acceptors (Lipinski definition) is 3. The molecule has 5 nitrogen and oxygen atoms in total. The summed E-state index contributed by atoms with van der Waals surface area (Å²) >= 11 is 5.96. The van der Waals surface area contributed by atoms with Crippen LogP contribution >= 0.6 is 11.6 Å². The lowest BCUT2D eigenvalue weighted by atomic mass is 10.1. The number of benzene rings is 1. The quantitative estimate of drug-likeness (QED) is 0.640. The summed E-state index contributed by atoms with van der Waals surface area (Å²) in [5.41, 5.74) is 1.87. The van der Waals surface area contributed by atoms with Gasteiger partial charge >= 0.3 is 0 Å². The Morgan fingerprint density at radius 3 is 2.75 bits per heavy atom. The number of Topliss-reactive ketones (excluding diaryl/α,β-unsaturated/α-hetero) is 1. The Kier molecular flexibility index (Phi) is 3.86. The van der Waals surface area contributed by atoms with Crippen LogP contribution in [0.3, 0.4) is 0 Å². The van der Waals surface area contributed by atoms with Gasteiger partial charge in [-0.1, -0.05) is 42.8 Å². The highest BCUT2D eigenvalue weighted by molar-refractivity contribution is 6.30. The fraction of sp³-hybridized carbons (Fsp3) is 0.286. The second-order valence-electron chi connectivity index (χ2n) is 4.70. The third-order valence-corrected chi connectivity index (χ3v) is 3.17. The molecule has 102 valence electrons. The van der Waals surface area contributed by atoms with Crippen molar-refractivity contribution in [2.75, 3.05) is 0 Å². The van der Waals surface area contributed by atoms with E-state index in [0.717, 1.165) is 0 Å². The number of ketones is 1. The van der Waals surface area contributed by atoms with Crippen LogP contribution in [0.4, 0.5) is 5.69 Å². The van der Waals surface area contributed by atoms with Crippen molar-refractivity contribution in [1.29, 1.82) is 0 Å². The van der Waals surface area contributed by atoms with Crippen molar-refractivity contribution < 1.29 is 4.79 Å². The molecule has 0 unspecified atom stereocenters. The van der Waals surface area contributed by atoms with Gasteiger partial charge < -0.3 is 0 Å². The van der Waals surface area contributed by atoms with Gasteiger partial charge in [-0.05, 0) is 13.0 Å². The standard InChI is InChI=1S/C14H13ClN4O/c1-8(2)14(20)13-9(3)19(18-17-13)12-7-10(15)5-6-11(12)16-4/h5-8H,1-3H3. The first-order valence-electron chi connectivity index (χ1n) is 6.09. The van der Waals surface area contributed by atoms with Crippen molar-refractivity contribution in [3.63, 3.8) is 0 Å². The average molecular weight is 289 g/mol. The van der Waals surface area contributed by atoms with Crippen molar-refractivity contribution in [2.24, 2.45) is 5.92 Å². The fourth-order valence-electron chi connectivity index (χ4n) is 1.82. The lowest BCUT2D eigenvalue weighted by Crippen LogP contribution is -2.10. The molecule has 20 heavy (non-hydrogen) atoms. The molecule has 0 radical (unpaired) electrons. The van der Waals surface area contributed by atoms with Gasteiger partial charge in [-0.15, -0.1) is 5.10 Å². The maximum atomic E-state index is 12.0.